The van der Waals surface area contributed by atoms with Crippen LogP contribution in [0.3, 0.4) is 0 Å². The molecule has 6 heteroatoms. The number of halogens is 1. The van der Waals surface area contributed by atoms with Gasteiger partial charge in [0, 0.05) is 37.7 Å². The number of anilines is 1. The Morgan fingerprint density at radius 2 is 1.96 bits per heavy atom. The van der Waals surface area contributed by atoms with Gasteiger partial charge in [0.1, 0.15) is 0 Å². The number of carbonyl (C=O) groups excluding carboxylic acids is 1. The zero-order valence-electron chi connectivity index (χ0n) is 16.7. The number of aryl methyl sites for hydroxylation is 1. The topological polar surface area (TPSA) is 39.7 Å². The zero-order chi connectivity index (χ0) is 19.8. The van der Waals surface area contributed by atoms with Crippen LogP contribution < -0.4 is 4.90 Å². The molecule has 1 aromatic carbocycles. The Bertz CT molecular complexity index is 871. The molecule has 0 aliphatic carbocycles. The molecule has 2 aliphatic heterocycles. The SMILES string of the molecule is Cc1ccccc1[C@H]1[C@@H]2CN(c3ncccc3F)C[C@@H]2CN1C(=O)CN(C)C. The molecule has 2 aliphatic rings. The van der Waals surface area contributed by atoms with Crippen molar-refractivity contribution < 1.29 is 9.18 Å². The average molecular weight is 382 g/mol. The van der Waals surface area contributed by atoms with Gasteiger partial charge in [0.05, 0.1) is 12.6 Å². The lowest BCUT2D eigenvalue weighted by atomic mass is 9.87. The Morgan fingerprint density at radius 3 is 2.68 bits per heavy atom. The van der Waals surface area contributed by atoms with E-state index in [0.717, 1.165) is 6.54 Å². The number of likely N-dealkylation sites (N-methyl/N-ethyl adjacent to an activating group) is 1. The maximum absolute atomic E-state index is 14.3. The molecular formula is C22H27FN4O. The number of aromatic nitrogens is 1. The van der Waals surface area contributed by atoms with Crippen LogP contribution in [-0.2, 0) is 4.79 Å². The van der Waals surface area contributed by atoms with Crippen molar-refractivity contribution in [3.05, 3.63) is 59.5 Å². The van der Waals surface area contributed by atoms with Crippen LogP contribution >= 0.6 is 0 Å². The first kappa shape index (κ1) is 18.9. The largest absolute Gasteiger partial charge is 0.353 e. The molecule has 0 saturated carbocycles. The van der Waals surface area contributed by atoms with Crippen molar-refractivity contribution in [1.82, 2.24) is 14.8 Å². The van der Waals surface area contributed by atoms with Crippen LogP contribution in [0.1, 0.15) is 17.2 Å². The van der Waals surface area contributed by atoms with Gasteiger partial charge >= 0.3 is 0 Å². The number of nitrogens with zero attached hydrogens (tertiary/aromatic N) is 4. The van der Waals surface area contributed by atoms with Gasteiger partial charge in [-0.05, 0) is 44.3 Å². The highest BCUT2D eigenvalue weighted by Gasteiger charge is 2.49. The second-order valence-corrected chi connectivity index (χ2v) is 8.22. The summed E-state index contributed by atoms with van der Waals surface area (Å²) in [4.78, 5) is 23.3. The van der Waals surface area contributed by atoms with E-state index in [-0.39, 0.29) is 23.7 Å². The fraction of sp³-hybridized carbons (Fsp3) is 0.455. The van der Waals surface area contributed by atoms with E-state index in [0.29, 0.717) is 31.4 Å². The summed E-state index contributed by atoms with van der Waals surface area (Å²) in [5.74, 6) is 0.885. The molecule has 0 spiro atoms. The summed E-state index contributed by atoms with van der Waals surface area (Å²) in [5.41, 5.74) is 2.39. The molecule has 3 atom stereocenters. The van der Waals surface area contributed by atoms with Gasteiger partial charge in [0.25, 0.3) is 0 Å². The van der Waals surface area contributed by atoms with Crippen molar-refractivity contribution in [3.8, 4) is 0 Å². The Kier molecular flexibility index (Phi) is 5.06. The third-order valence-electron chi connectivity index (χ3n) is 5.98. The predicted molar refractivity (Wildman–Crippen MR) is 108 cm³/mol. The maximum atomic E-state index is 14.3. The van der Waals surface area contributed by atoms with Gasteiger partial charge in [-0.2, -0.15) is 0 Å². The third kappa shape index (κ3) is 3.37. The Morgan fingerprint density at radius 1 is 1.18 bits per heavy atom. The summed E-state index contributed by atoms with van der Waals surface area (Å²) in [6.45, 7) is 4.65. The van der Waals surface area contributed by atoms with E-state index in [4.69, 9.17) is 0 Å². The monoisotopic (exact) mass is 382 g/mol. The molecule has 0 N–H and O–H groups in total. The van der Waals surface area contributed by atoms with Gasteiger partial charge in [0.2, 0.25) is 5.91 Å². The first-order valence-electron chi connectivity index (χ1n) is 9.81. The molecule has 2 aromatic rings. The van der Waals surface area contributed by atoms with E-state index in [1.165, 1.54) is 17.2 Å². The minimum absolute atomic E-state index is 0.0235. The predicted octanol–water partition coefficient (Wildman–Crippen LogP) is 2.73. The van der Waals surface area contributed by atoms with Crippen LogP contribution in [0.4, 0.5) is 10.2 Å². The number of fused-ring (bicyclic) bond motifs is 1. The highest BCUT2D eigenvalue weighted by atomic mass is 19.1. The zero-order valence-corrected chi connectivity index (χ0v) is 16.7. The highest BCUT2D eigenvalue weighted by Crippen LogP contribution is 2.46. The Balaban J connectivity index is 1.65. The van der Waals surface area contributed by atoms with Gasteiger partial charge in [0.15, 0.2) is 11.6 Å². The van der Waals surface area contributed by atoms with Crippen LogP contribution in [0.5, 0.6) is 0 Å². The molecule has 0 bridgehead atoms. The molecule has 2 fully saturated rings. The van der Waals surface area contributed by atoms with Gasteiger partial charge in [-0.1, -0.05) is 24.3 Å². The van der Waals surface area contributed by atoms with E-state index in [1.54, 1.807) is 12.3 Å². The third-order valence-corrected chi connectivity index (χ3v) is 5.98. The average Bonchev–Trinajstić information content (AvgIpc) is 3.20. The van der Waals surface area contributed by atoms with E-state index >= 15 is 0 Å². The minimum Gasteiger partial charge on any atom is -0.353 e. The molecule has 5 nitrogen and oxygen atoms in total. The number of hydrogen-bond donors (Lipinski definition) is 0. The van der Waals surface area contributed by atoms with Crippen molar-refractivity contribution in [2.75, 3.05) is 45.2 Å². The molecule has 2 saturated heterocycles. The normalized spacial score (nSPS) is 24.1. The summed E-state index contributed by atoms with van der Waals surface area (Å²) in [6, 6.07) is 11.4. The molecule has 3 heterocycles. The second-order valence-electron chi connectivity index (χ2n) is 8.22. The number of hydrogen-bond acceptors (Lipinski definition) is 4. The van der Waals surface area contributed by atoms with Gasteiger partial charge in [-0.25, -0.2) is 9.37 Å². The highest BCUT2D eigenvalue weighted by molar-refractivity contribution is 5.79. The number of pyridine rings is 1. The quantitative estimate of drug-likeness (QED) is 0.815. The molecule has 28 heavy (non-hydrogen) atoms. The van der Waals surface area contributed by atoms with Crippen molar-refractivity contribution in [3.63, 3.8) is 0 Å². The van der Waals surface area contributed by atoms with E-state index in [2.05, 4.69) is 24.0 Å². The van der Waals surface area contributed by atoms with Crippen LogP contribution in [0.15, 0.2) is 42.6 Å². The van der Waals surface area contributed by atoms with Crippen molar-refractivity contribution >= 4 is 11.7 Å². The number of benzene rings is 1. The van der Waals surface area contributed by atoms with Crippen molar-refractivity contribution in [1.29, 1.82) is 0 Å². The Hall–Kier alpha value is -2.47. The van der Waals surface area contributed by atoms with Crippen LogP contribution in [-0.4, -0.2) is 61.0 Å². The van der Waals surface area contributed by atoms with Crippen LogP contribution in [0.2, 0.25) is 0 Å². The first-order valence-corrected chi connectivity index (χ1v) is 9.81. The fourth-order valence-electron chi connectivity index (χ4n) is 4.76. The lowest BCUT2D eigenvalue weighted by Crippen LogP contribution is -2.40. The van der Waals surface area contributed by atoms with E-state index < -0.39 is 0 Å². The number of carbonyl (C=O) groups is 1. The van der Waals surface area contributed by atoms with Crippen LogP contribution in [0, 0.1) is 24.6 Å². The standard InChI is InChI=1S/C22H27FN4O/c1-15-7-4-5-8-17(15)21-18-13-26(22-19(23)9-6-10-24-22)11-16(18)12-27(21)20(28)14-25(2)3/h4-10,16,18,21H,11-14H2,1-3H3/t16-,18-,21+/m1/s1. The summed E-state index contributed by atoms with van der Waals surface area (Å²) < 4.78 is 14.3. The summed E-state index contributed by atoms with van der Waals surface area (Å²) in [6.07, 6.45) is 1.64. The van der Waals surface area contributed by atoms with Gasteiger partial charge in [-0.3, -0.25) is 4.79 Å². The summed E-state index contributed by atoms with van der Waals surface area (Å²) >= 11 is 0. The van der Waals surface area contributed by atoms with E-state index in [9.17, 15) is 9.18 Å². The minimum atomic E-state index is -0.282. The van der Waals surface area contributed by atoms with E-state index in [1.807, 2.05) is 40.9 Å². The Labute approximate surface area is 165 Å². The smallest absolute Gasteiger partial charge is 0.237 e. The second kappa shape index (κ2) is 7.51. The fourth-order valence-corrected chi connectivity index (χ4v) is 4.76. The number of amides is 1. The molecular weight excluding hydrogens is 355 g/mol. The summed E-state index contributed by atoms with van der Waals surface area (Å²) in [7, 11) is 3.84. The van der Waals surface area contributed by atoms with Gasteiger partial charge in [-0.15, -0.1) is 0 Å². The lowest BCUT2D eigenvalue weighted by Gasteiger charge is -2.32. The van der Waals surface area contributed by atoms with Crippen molar-refractivity contribution in [2.45, 2.75) is 13.0 Å². The first-order chi connectivity index (χ1) is 13.5. The van der Waals surface area contributed by atoms with Gasteiger partial charge < -0.3 is 14.7 Å². The number of likely N-dealkylation sites (tertiary alicyclic amines) is 1. The molecule has 0 radical (unpaired) electrons. The molecule has 1 aromatic heterocycles. The van der Waals surface area contributed by atoms with Crippen LogP contribution in [0.25, 0.3) is 0 Å². The molecule has 0 unspecified atom stereocenters. The maximum Gasteiger partial charge on any atom is 0.237 e. The number of rotatable bonds is 4. The molecule has 1 amide bonds. The van der Waals surface area contributed by atoms with Crippen molar-refractivity contribution in [2.24, 2.45) is 11.8 Å². The lowest BCUT2D eigenvalue weighted by molar-refractivity contribution is -0.133. The molecule has 4 rings (SSSR count). The summed E-state index contributed by atoms with van der Waals surface area (Å²) in [5, 5.41) is 0. The molecule has 148 valence electrons.